The fourth-order valence-electron chi connectivity index (χ4n) is 2.54. The number of hydrogen-bond donors (Lipinski definition) is 1. The zero-order chi connectivity index (χ0) is 16.3. The minimum absolute atomic E-state index is 0.0392. The third-order valence-electron chi connectivity index (χ3n) is 4.16. The van der Waals surface area contributed by atoms with Crippen LogP contribution >= 0.6 is 11.6 Å². The average Bonchev–Trinajstić information content (AvgIpc) is 3.35. The molecular formula is C18H18ClNO2S. The van der Waals surface area contributed by atoms with E-state index in [1.54, 1.807) is 30.3 Å². The number of nitrogens with one attached hydrogen (secondary N) is 1. The summed E-state index contributed by atoms with van der Waals surface area (Å²) in [6, 6.07) is 17.1. The first-order chi connectivity index (χ1) is 11.0. The second kappa shape index (κ2) is 6.48. The normalized spacial score (nSPS) is 16.6. The van der Waals surface area contributed by atoms with Crippen molar-refractivity contribution >= 4 is 27.7 Å². The van der Waals surface area contributed by atoms with E-state index in [9.17, 15) is 8.42 Å². The van der Waals surface area contributed by atoms with E-state index in [2.05, 4.69) is 16.9 Å². The minimum atomic E-state index is -3.45. The molecular weight excluding hydrogens is 330 g/mol. The molecule has 5 heteroatoms. The molecule has 0 atom stereocenters. The minimum Gasteiger partial charge on any atom is -0.211 e. The molecule has 1 saturated carbocycles. The van der Waals surface area contributed by atoms with Gasteiger partial charge in [-0.2, -0.15) is 0 Å². The maximum Gasteiger partial charge on any atom is 0.233 e. The van der Waals surface area contributed by atoms with E-state index in [1.807, 2.05) is 18.2 Å². The molecule has 0 aromatic heterocycles. The molecule has 0 amide bonds. The predicted octanol–water partition coefficient (Wildman–Crippen LogP) is 3.96. The van der Waals surface area contributed by atoms with Crippen LogP contribution < -0.4 is 4.72 Å². The maximum atomic E-state index is 12.2. The van der Waals surface area contributed by atoms with Gasteiger partial charge in [-0.1, -0.05) is 54.1 Å². The third-order valence-corrected chi connectivity index (χ3v) is 5.45. The van der Waals surface area contributed by atoms with Gasteiger partial charge in [-0.3, -0.25) is 0 Å². The van der Waals surface area contributed by atoms with Crippen LogP contribution in [0.4, 0.5) is 0 Å². The van der Waals surface area contributed by atoms with Crippen LogP contribution in [0.25, 0.3) is 6.08 Å². The Hall–Kier alpha value is -1.62. The summed E-state index contributed by atoms with van der Waals surface area (Å²) in [5.74, 6) is 0. The van der Waals surface area contributed by atoms with Crippen molar-refractivity contribution in [3.8, 4) is 0 Å². The molecule has 0 spiro atoms. The summed E-state index contributed by atoms with van der Waals surface area (Å²) in [6.07, 6.45) is 3.60. The summed E-state index contributed by atoms with van der Waals surface area (Å²) in [5, 5.41) is 1.83. The van der Waals surface area contributed by atoms with Crippen molar-refractivity contribution in [3.05, 3.63) is 76.2 Å². The highest BCUT2D eigenvalue weighted by molar-refractivity contribution is 7.92. The number of sulfonamides is 1. The van der Waals surface area contributed by atoms with E-state index < -0.39 is 10.0 Å². The van der Waals surface area contributed by atoms with Crippen LogP contribution in [0.2, 0.25) is 5.02 Å². The standard InChI is InChI=1S/C18H18ClNO2S/c19-17-8-6-15(7-9-17)10-13-23(21,22)20-14-18(11-12-18)16-4-2-1-3-5-16/h1-10,13,20H,11-12,14H2. The second-order valence-corrected chi connectivity index (χ2v) is 7.95. The number of benzene rings is 2. The lowest BCUT2D eigenvalue weighted by Crippen LogP contribution is -2.30. The van der Waals surface area contributed by atoms with Crippen molar-refractivity contribution < 1.29 is 8.42 Å². The van der Waals surface area contributed by atoms with Crippen LogP contribution in [0.1, 0.15) is 24.0 Å². The van der Waals surface area contributed by atoms with Crippen molar-refractivity contribution in [1.82, 2.24) is 4.72 Å². The van der Waals surface area contributed by atoms with Gasteiger partial charge in [0.1, 0.15) is 0 Å². The van der Waals surface area contributed by atoms with Gasteiger partial charge >= 0.3 is 0 Å². The van der Waals surface area contributed by atoms with Crippen LogP contribution in [0.15, 0.2) is 60.0 Å². The topological polar surface area (TPSA) is 46.2 Å². The molecule has 23 heavy (non-hydrogen) atoms. The van der Waals surface area contributed by atoms with Crippen molar-refractivity contribution in [2.24, 2.45) is 0 Å². The SMILES string of the molecule is O=S(=O)(C=Cc1ccc(Cl)cc1)NCC1(c2ccccc2)CC1. The van der Waals surface area contributed by atoms with E-state index in [0.717, 1.165) is 18.4 Å². The smallest absolute Gasteiger partial charge is 0.211 e. The Morgan fingerprint density at radius 2 is 1.70 bits per heavy atom. The third kappa shape index (κ3) is 4.22. The molecule has 0 saturated heterocycles. The fourth-order valence-corrected chi connectivity index (χ4v) is 3.57. The maximum absolute atomic E-state index is 12.2. The summed E-state index contributed by atoms with van der Waals surface area (Å²) >= 11 is 5.81. The average molecular weight is 348 g/mol. The van der Waals surface area contributed by atoms with Crippen molar-refractivity contribution in [2.75, 3.05) is 6.54 Å². The molecule has 2 aromatic rings. The Morgan fingerprint density at radius 3 is 2.30 bits per heavy atom. The van der Waals surface area contributed by atoms with E-state index >= 15 is 0 Å². The molecule has 3 rings (SSSR count). The first kappa shape index (κ1) is 16.2. The van der Waals surface area contributed by atoms with Gasteiger partial charge in [0.25, 0.3) is 0 Å². The highest BCUT2D eigenvalue weighted by Crippen LogP contribution is 2.47. The molecule has 0 radical (unpaired) electrons. The Bertz CT molecular complexity index is 795. The molecule has 0 heterocycles. The molecule has 1 fully saturated rings. The first-order valence-corrected chi connectivity index (χ1v) is 9.40. The quantitative estimate of drug-likeness (QED) is 0.859. The predicted molar refractivity (Wildman–Crippen MR) is 94.8 cm³/mol. The van der Waals surface area contributed by atoms with Gasteiger partial charge in [-0.05, 0) is 42.2 Å². The van der Waals surface area contributed by atoms with E-state index in [1.165, 1.54) is 11.0 Å². The van der Waals surface area contributed by atoms with Crippen LogP contribution in [0.3, 0.4) is 0 Å². The van der Waals surface area contributed by atoms with Crippen molar-refractivity contribution in [3.63, 3.8) is 0 Å². The van der Waals surface area contributed by atoms with Crippen LogP contribution in [-0.4, -0.2) is 15.0 Å². The van der Waals surface area contributed by atoms with Gasteiger partial charge in [0.2, 0.25) is 10.0 Å². The van der Waals surface area contributed by atoms with Gasteiger partial charge in [0.05, 0.1) is 0 Å². The molecule has 1 aliphatic carbocycles. The van der Waals surface area contributed by atoms with Crippen LogP contribution in [0, 0.1) is 0 Å². The highest BCUT2D eigenvalue weighted by atomic mass is 35.5. The highest BCUT2D eigenvalue weighted by Gasteiger charge is 2.44. The summed E-state index contributed by atoms with van der Waals surface area (Å²) in [7, 11) is -3.45. The number of hydrogen-bond acceptors (Lipinski definition) is 2. The van der Waals surface area contributed by atoms with Gasteiger partial charge in [-0.15, -0.1) is 0 Å². The largest absolute Gasteiger partial charge is 0.233 e. The van der Waals surface area contributed by atoms with E-state index in [4.69, 9.17) is 11.6 Å². The van der Waals surface area contributed by atoms with E-state index in [-0.39, 0.29) is 5.41 Å². The molecule has 0 aliphatic heterocycles. The fraction of sp³-hybridized carbons (Fsp3) is 0.222. The number of rotatable bonds is 6. The van der Waals surface area contributed by atoms with Crippen LogP contribution in [0.5, 0.6) is 0 Å². The Labute approximate surface area is 142 Å². The first-order valence-electron chi connectivity index (χ1n) is 7.48. The van der Waals surface area contributed by atoms with Gasteiger partial charge < -0.3 is 0 Å². The second-order valence-electron chi connectivity index (χ2n) is 5.87. The molecule has 2 aromatic carbocycles. The Balaban J connectivity index is 1.64. The molecule has 120 valence electrons. The lowest BCUT2D eigenvalue weighted by atomic mass is 9.96. The molecule has 1 N–H and O–H groups in total. The lowest BCUT2D eigenvalue weighted by Gasteiger charge is -2.15. The van der Waals surface area contributed by atoms with Gasteiger partial charge in [-0.25, -0.2) is 13.1 Å². The molecule has 0 unspecified atom stereocenters. The zero-order valence-electron chi connectivity index (χ0n) is 12.6. The van der Waals surface area contributed by atoms with Gasteiger partial charge in [0.15, 0.2) is 0 Å². The molecule has 3 nitrogen and oxygen atoms in total. The summed E-state index contributed by atoms with van der Waals surface area (Å²) in [4.78, 5) is 0. The van der Waals surface area contributed by atoms with E-state index in [0.29, 0.717) is 11.6 Å². The monoisotopic (exact) mass is 347 g/mol. The van der Waals surface area contributed by atoms with Crippen molar-refractivity contribution in [2.45, 2.75) is 18.3 Å². The van der Waals surface area contributed by atoms with Crippen LogP contribution in [-0.2, 0) is 15.4 Å². The summed E-state index contributed by atoms with van der Waals surface area (Å²) in [5.41, 5.74) is 1.95. The Morgan fingerprint density at radius 1 is 1.04 bits per heavy atom. The van der Waals surface area contributed by atoms with Gasteiger partial charge in [0, 0.05) is 22.4 Å². The summed E-state index contributed by atoms with van der Waals surface area (Å²) < 4.78 is 27.0. The zero-order valence-corrected chi connectivity index (χ0v) is 14.1. The summed E-state index contributed by atoms with van der Waals surface area (Å²) in [6.45, 7) is 0.435. The molecule has 0 bridgehead atoms. The Kier molecular flexibility index (Phi) is 4.57. The lowest BCUT2D eigenvalue weighted by molar-refractivity contribution is 0.576. The number of halogens is 1. The van der Waals surface area contributed by atoms with Crippen molar-refractivity contribution in [1.29, 1.82) is 0 Å². The molecule has 1 aliphatic rings.